The van der Waals surface area contributed by atoms with Crippen LogP contribution in [0, 0.1) is 23.3 Å². The zero-order chi connectivity index (χ0) is 15.7. The van der Waals surface area contributed by atoms with Gasteiger partial charge in [-0.05, 0) is 36.7 Å². The predicted molar refractivity (Wildman–Crippen MR) is 67.0 cm³/mol. The molecule has 0 aliphatic heterocycles. The van der Waals surface area contributed by atoms with Gasteiger partial charge in [0.05, 0.1) is 11.0 Å². The van der Waals surface area contributed by atoms with E-state index in [1.807, 2.05) is 5.32 Å². The smallest absolute Gasteiger partial charge is 0.407 e. The lowest BCUT2D eigenvalue weighted by Gasteiger charge is -2.20. The molecule has 0 aliphatic rings. The van der Waals surface area contributed by atoms with Crippen LogP contribution < -0.4 is 5.32 Å². The van der Waals surface area contributed by atoms with Gasteiger partial charge >= 0.3 is 6.09 Å². The third-order valence-corrected chi connectivity index (χ3v) is 2.81. The fourth-order valence-corrected chi connectivity index (χ4v) is 1.63. The van der Waals surface area contributed by atoms with Crippen LogP contribution in [-0.4, -0.2) is 11.7 Å². The molecule has 0 heterocycles. The molecule has 1 aromatic rings. The van der Waals surface area contributed by atoms with Crippen LogP contribution in [0.5, 0.6) is 0 Å². The number of hydrogen-bond donors (Lipinski definition) is 1. The first-order chi connectivity index (χ1) is 9.04. The van der Waals surface area contributed by atoms with E-state index in [9.17, 15) is 22.4 Å². The zero-order valence-corrected chi connectivity index (χ0v) is 12.5. The third-order valence-electron chi connectivity index (χ3n) is 2.11. The Morgan fingerprint density at radius 3 is 1.95 bits per heavy atom. The van der Waals surface area contributed by atoms with Crippen LogP contribution in [0.4, 0.5) is 22.4 Å². The van der Waals surface area contributed by atoms with Crippen molar-refractivity contribution in [1.82, 2.24) is 5.32 Å². The van der Waals surface area contributed by atoms with Crippen LogP contribution in [0.2, 0.25) is 0 Å². The lowest BCUT2D eigenvalue weighted by Crippen LogP contribution is -2.32. The van der Waals surface area contributed by atoms with Crippen LogP contribution in [-0.2, 0) is 11.3 Å². The van der Waals surface area contributed by atoms with Gasteiger partial charge in [0.15, 0.2) is 23.3 Å². The van der Waals surface area contributed by atoms with Gasteiger partial charge in [-0.3, -0.25) is 0 Å². The fraction of sp³-hybridized carbons (Fsp3) is 0.417. The summed E-state index contributed by atoms with van der Waals surface area (Å²) in [5.41, 5.74) is -1.73. The Hall–Kier alpha value is -1.31. The summed E-state index contributed by atoms with van der Waals surface area (Å²) < 4.78 is 57.4. The number of halogens is 5. The molecule has 0 spiro atoms. The topological polar surface area (TPSA) is 38.3 Å². The van der Waals surface area contributed by atoms with Gasteiger partial charge in [-0.1, -0.05) is 0 Å². The highest BCUT2D eigenvalue weighted by molar-refractivity contribution is 9.10. The van der Waals surface area contributed by atoms with E-state index in [1.54, 1.807) is 20.8 Å². The number of benzene rings is 1. The third kappa shape index (κ3) is 3.84. The second-order valence-corrected chi connectivity index (χ2v) is 5.70. The van der Waals surface area contributed by atoms with Gasteiger partial charge in [-0.15, -0.1) is 0 Å². The first-order valence-electron chi connectivity index (χ1n) is 5.51. The molecule has 112 valence electrons. The molecule has 0 aliphatic carbocycles. The molecule has 8 heteroatoms. The number of amides is 1. The van der Waals surface area contributed by atoms with E-state index in [-0.39, 0.29) is 0 Å². The molecule has 1 N–H and O–H groups in total. The van der Waals surface area contributed by atoms with E-state index in [2.05, 4.69) is 15.9 Å². The molecule has 0 saturated carbocycles. The van der Waals surface area contributed by atoms with E-state index in [4.69, 9.17) is 4.74 Å². The van der Waals surface area contributed by atoms with Crippen molar-refractivity contribution in [3.05, 3.63) is 33.3 Å². The Bertz CT molecular complexity index is 514. The van der Waals surface area contributed by atoms with Gasteiger partial charge in [0, 0.05) is 5.56 Å². The summed E-state index contributed by atoms with van der Waals surface area (Å²) in [7, 11) is 0. The molecular weight excluding hydrogens is 346 g/mol. The van der Waals surface area contributed by atoms with Gasteiger partial charge < -0.3 is 10.1 Å². The minimum Gasteiger partial charge on any atom is -0.444 e. The van der Waals surface area contributed by atoms with Crippen LogP contribution in [0.25, 0.3) is 0 Å². The second kappa shape index (κ2) is 5.99. The summed E-state index contributed by atoms with van der Waals surface area (Å²) in [6.07, 6.45) is -0.958. The average Bonchev–Trinajstić information content (AvgIpc) is 2.32. The maximum absolute atomic E-state index is 13.5. The van der Waals surface area contributed by atoms with Crippen molar-refractivity contribution < 1.29 is 27.1 Å². The summed E-state index contributed by atoms with van der Waals surface area (Å²) in [5.74, 6) is -6.28. The average molecular weight is 358 g/mol. The molecule has 0 unspecified atom stereocenters. The van der Waals surface area contributed by atoms with Crippen molar-refractivity contribution in [3.63, 3.8) is 0 Å². The molecule has 0 saturated heterocycles. The zero-order valence-electron chi connectivity index (χ0n) is 10.9. The molecular formula is C12H12BrF4NO2. The van der Waals surface area contributed by atoms with Crippen LogP contribution in [0.1, 0.15) is 26.3 Å². The van der Waals surface area contributed by atoms with E-state index < -0.39 is 51.5 Å². The van der Waals surface area contributed by atoms with E-state index >= 15 is 0 Å². The molecule has 0 fully saturated rings. The maximum Gasteiger partial charge on any atom is 0.407 e. The number of carbonyl (C=O) groups excluding carboxylic acids is 1. The number of carbonyl (C=O) groups is 1. The minimum absolute atomic E-state index is 0.742. The van der Waals surface area contributed by atoms with Crippen molar-refractivity contribution >= 4 is 22.0 Å². The Morgan fingerprint density at radius 2 is 1.55 bits per heavy atom. The van der Waals surface area contributed by atoms with Gasteiger partial charge in [0.2, 0.25) is 0 Å². The molecule has 0 radical (unpaired) electrons. The van der Waals surface area contributed by atoms with Crippen molar-refractivity contribution in [3.8, 4) is 0 Å². The van der Waals surface area contributed by atoms with Gasteiger partial charge in [-0.25, -0.2) is 22.4 Å². The lowest BCUT2D eigenvalue weighted by molar-refractivity contribution is 0.0522. The first kappa shape index (κ1) is 16.7. The highest BCUT2D eigenvalue weighted by Gasteiger charge is 2.24. The highest BCUT2D eigenvalue weighted by Crippen LogP contribution is 2.28. The first-order valence-corrected chi connectivity index (χ1v) is 6.31. The fourth-order valence-electron chi connectivity index (χ4n) is 1.28. The molecule has 0 atom stereocenters. The molecule has 1 rings (SSSR count). The van der Waals surface area contributed by atoms with Crippen molar-refractivity contribution in [2.24, 2.45) is 0 Å². The standard InChI is InChI=1S/C12H12BrF4NO2/c1-12(2,3)20-11(19)18-4-5-7(14)9(16)6(13)10(17)8(5)15/h4H2,1-3H3,(H,18,19). The molecule has 1 aromatic carbocycles. The molecule has 3 nitrogen and oxygen atoms in total. The molecule has 0 bridgehead atoms. The van der Waals surface area contributed by atoms with Crippen molar-refractivity contribution in [2.75, 3.05) is 0 Å². The van der Waals surface area contributed by atoms with E-state index in [0.717, 1.165) is 0 Å². The van der Waals surface area contributed by atoms with Crippen molar-refractivity contribution in [2.45, 2.75) is 32.9 Å². The number of alkyl carbamates (subject to hydrolysis) is 1. The summed E-state index contributed by atoms with van der Waals surface area (Å²) >= 11 is 2.39. The largest absolute Gasteiger partial charge is 0.444 e. The Balaban J connectivity index is 2.92. The van der Waals surface area contributed by atoms with Gasteiger partial charge in [-0.2, -0.15) is 0 Å². The van der Waals surface area contributed by atoms with Crippen LogP contribution >= 0.6 is 15.9 Å². The summed E-state index contributed by atoms with van der Waals surface area (Å²) in [4.78, 5) is 11.3. The highest BCUT2D eigenvalue weighted by atomic mass is 79.9. The molecule has 20 heavy (non-hydrogen) atoms. The molecule has 1 amide bonds. The van der Waals surface area contributed by atoms with Gasteiger partial charge in [0.25, 0.3) is 0 Å². The number of hydrogen-bond acceptors (Lipinski definition) is 2. The number of nitrogens with one attached hydrogen (secondary N) is 1. The van der Waals surface area contributed by atoms with Gasteiger partial charge in [0.1, 0.15) is 5.60 Å². The van der Waals surface area contributed by atoms with Crippen LogP contribution in [0.3, 0.4) is 0 Å². The molecule has 0 aromatic heterocycles. The van der Waals surface area contributed by atoms with Crippen LogP contribution in [0.15, 0.2) is 4.47 Å². The summed E-state index contributed by atoms with van der Waals surface area (Å²) in [5, 5.41) is 2.02. The SMILES string of the molecule is CC(C)(C)OC(=O)NCc1c(F)c(F)c(Br)c(F)c1F. The Morgan fingerprint density at radius 1 is 1.10 bits per heavy atom. The minimum atomic E-state index is -1.58. The number of ether oxygens (including phenoxy) is 1. The monoisotopic (exact) mass is 357 g/mol. The summed E-state index contributed by atoms with van der Waals surface area (Å²) in [6.45, 7) is 4.03. The second-order valence-electron chi connectivity index (χ2n) is 4.90. The van der Waals surface area contributed by atoms with E-state index in [0.29, 0.717) is 0 Å². The maximum atomic E-state index is 13.5. The Kier molecular flexibility index (Phi) is 5.01. The predicted octanol–water partition coefficient (Wildman–Crippen LogP) is 4.03. The number of rotatable bonds is 2. The van der Waals surface area contributed by atoms with E-state index in [1.165, 1.54) is 0 Å². The quantitative estimate of drug-likeness (QED) is 0.493. The summed E-state index contributed by atoms with van der Waals surface area (Å²) in [6, 6.07) is 0. The lowest BCUT2D eigenvalue weighted by atomic mass is 10.1. The van der Waals surface area contributed by atoms with Crippen molar-refractivity contribution in [1.29, 1.82) is 0 Å². The Labute approximate surface area is 121 Å². The normalized spacial score (nSPS) is 11.4.